The Kier molecular flexibility index (Phi) is 10.3. The maximum Gasteiger partial charge on any atom is 0.241 e. The highest BCUT2D eigenvalue weighted by Crippen LogP contribution is 2.64. The lowest BCUT2D eigenvalue weighted by atomic mass is 9.87. The van der Waals surface area contributed by atoms with Gasteiger partial charge in [-0.05, 0) is 55.2 Å². The number of nitrogens with zero attached hydrogens (tertiary/aromatic N) is 6. The number of hydrogen-bond acceptors (Lipinski definition) is 8. The van der Waals surface area contributed by atoms with Crippen molar-refractivity contribution in [3.8, 4) is 11.5 Å². The number of rotatable bonds is 14. The Balaban J connectivity index is 1.35. The topological polar surface area (TPSA) is 109 Å². The number of amides is 1. The summed E-state index contributed by atoms with van der Waals surface area (Å²) in [6, 6.07) is 3.25. The molecule has 3 aliphatic rings. The van der Waals surface area contributed by atoms with Crippen molar-refractivity contribution in [2.24, 2.45) is 17.3 Å². The molecule has 4 atom stereocenters. The van der Waals surface area contributed by atoms with Crippen LogP contribution in [0, 0.1) is 23.2 Å². The molecule has 4 heterocycles. The minimum absolute atomic E-state index is 0.0133. The Bertz CT molecular complexity index is 1680. The highest BCUT2D eigenvalue weighted by atomic mass is 28.3. The second-order valence-corrected chi connectivity index (χ2v) is 28.3. The minimum Gasteiger partial charge on any atom is -0.379 e. The van der Waals surface area contributed by atoms with Crippen LogP contribution in [0.5, 0.6) is 0 Å². The number of ether oxygens (including phenoxy) is 3. The van der Waals surface area contributed by atoms with E-state index in [9.17, 15) is 4.79 Å². The third-order valence-electron chi connectivity index (χ3n) is 11.1. The summed E-state index contributed by atoms with van der Waals surface area (Å²) in [5.74, 6) is 0.769. The molecule has 3 aromatic heterocycles. The van der Waals surface area contributed by atoms with Gasteiger partial charge in [-0.2, -0.15) is 14.5 Å². The zero-order valence-electron chi connectivity index (χ0n) is 31.0. The van der Waals surface area contributed by atoms with Gasteiger partial charge in [-0.1, -0.05) is 53.1 Å². The molecule has 0 spiro atoms. The van der Waals surface area contributed by atoms with E-state index in [0.717, 1.165) is 30.6 Å². The van der Waals surface area contributed by atoms with Crippen LogP contribution in [0.3, 0.4) is 0 Å². The highest BCUT2D eigenvalue weighted by Gasteiger charge is 2.61. The molecule has 270 valence electrons. The van der Waals surface area contributed by atoms with Crippen LogP contribution < -0.4 is 5.32 Å². The average Bonchev–Trinajstić information content (AvgIpc) is 3.26. The molecule has 11 nitrogen and oxygen atoms in total. The molecule has 14 heteroatoms. The number of imidazole rings is 1. The largest absolute Gasteiger partial charge is 0.379 e. The zero-order chi connectivity index (χ0) is 35.3. The summed E-state index contributed by atoms with van der Waals surface area (Å²) in [6.07, 6.45) is 1.86. The molecule has 0 radical (unpaired) electrons. The monoisotopic (exact) mass is 713 g/mol. The fourth-order valence-corrected chi connectivity index (χ4v) is 8.79. The van der Waals surface area contributed by atoms with E-state index in [1.807, 2.05) is 21.1 Å². The van der Waals surface area contributed by atoms with Crippen LogP contribution in [0.2, 0.25) is 51.4 Å². The molecule has 1 amide bonds. The molecule has 3 aromatic rings. The Labute approximate surface area is 292 Å². The van der Waals surface area contributed by atoms with Crippen molar-refractivity contribution in [3.05, 3.63) is 23.3 Å². The number of aromatic nitrogens is 5. The van der Waals surface area contributed by atoms with Crippen molar-refractivity contribution in [2.45, 2.75) is 104 Å². The third kappa shape index (κ3) is 7.89. The quantitative estimate of drug-likeness (QED) is 0.122. The molecule has 1 aliphatic heterocycles. The smallest absolute Gasteiger partial charge is 0.241 e. The van der Waals surface area contributed by atoms with E-state index in [0.29, 0.717) is 75.1 Å². The second-order valence-electron chi connectivity index (χ2n) is 17.1. The first-order valence-electron chi connectivity index (χ1n) is 18.0. The van der Waals surface area contributed by atoms with Crippen LogP contribution >= 0.6 is 0 Å². The molecule has 1 saturated carbocycles. The number of carbonyl (C=O) groups excluding carboxylic acids is 1. The van der Waals surface area contributed by atoms with Gasteiger partial charge >= 0.3 is 0 Å². The predicted molar refractivity (Wildman–Crippen MR) is 196 cm³/mol. The summed E-state index contributed by atoms with van der Waals surface area (Å²) < 4.78 is 37.5. The van der Waals surface area contributed by atoms with Gasteiger partial charge in [-0.15, -0.1) is 0 Å². The van der Waals surface area contributed by atoms with E-state index >= 15 is 4.39 Å². The van der Waals surface area contributed by atoms with Crippen molar-refractivity contribution in [3.63, 3.8) is 0 Å². The third-order valence-corrected chi connectivity index (χ3v) is 14.5. The van der Waals surface area contributed by atoms with E-state index in [2.05, 4.69) is 63.4 Å². The van der Waals surface area contributed by atoms with E-state index in [1.54, 1.807) is 6.07 Å². The molecule has 1 N–H and O–H groups in total. The van der Waals surface area contributed by atoms with Crippen LogP contribution in [0.15, 0.2) is 6.07 Å². The molecule has 2 fully saturated rings. The summed E-state index contributed by atoms with van der Waals surface area (Å²) in [6.45, 7) is 24.9. The van der Waals surface area contributed by atoms with Gasteiger partial charge in [0.25, 0.3) is 0 Å². The molecule has 0 unspecified atom stereocenters. The first kappa shape index (κ1) is 36.3. The Morgan fingerprint density at radius 2 is 1.73 bits per heavy atom. The maximum atomic E-state index is 15.7. The van der Waals surface area contributed by atoms with E-state index in [1.165, 1.54) is 11.3 Å². The fraction of sp³-hybridized carbons (Fsp3) is 0.714. The van der Waals surface area contributed by atoms with Crippen molar-refractivity contribution in [1.82, 2.24) is 29.2 Å². The van der Waals surface area contributed by atoms with Crippen LogP contribution in [-0.4, -0.2) is 96.8 Å². The van der Waals surface area contributed by atoms with E-state index in [4.69, 9.17) is 24.3 Å². The first-order valence-corrected chi connectivity index (χ1v) is 25.4. The van der Waals surface area contributed by atoms with E-state index in [-0.39, 0.29) is 23.7 Å². The summed E-state index contributed by atoms with van der Waals surface area (Å²) in [5, 5.41) is 7.94. The molecular weight excluding hydrogens is 658 g/mol. The minimum atomic E-state index is -1.33. The SMILES string of the molecule is C[C@@H](C(=O)Nc1cc2nc(-c3nn(COCC[Si](C)(C)C)c4c3C[C@@H]3[C@H](C)[C@]3(C)C4)n(COCC[Si](C)(C)C)c2nc1F)N1CCOCC1. The number of anilines is 1. The van der Waals surface area contributed by atoms with Gasteiger partial charge in [0.05, 0.1) is 24.9 Å². The van der Waals surface area contributed by atoms with Crippen molar-refractivity contribution < 1.29 is 23.4 Å². The van der Waals surface area contributed by atoms with Gasteiger partial charge < -0.3 is 19.5 Å². The molecule has 49 heavy (non-hydrogen) atoms. The summed E-state index contributed by atoms with van der Waals surface area (Å²) in [7, 11) is -2.57. The number of fused-ring (bicyclic) bond motifs is 3. The summed E-state index contributed by atoms with van der Waals surface area (Å²) >= 11 is 0. The Hall–Kier alpha value is -2.50. The number of morpholine rings is 1. The van der Waals surface area contributed by atoms with Gasteiger partial charge in [0.15, 0.2) is 11.5 Å². The Morgan fingerprint density at radius 1 is 1.08 bits per heavy atom. The number of pyridine rings is 1. The lowest BCUT2D eigenvalue weighted by Gasteiger charge is -2.31. The average molecular weight is 714 g/mol. The molecule has 2 aliphatic carbocycles. The zero-order valence-corrected chi connectivity index (χ0v) is 33.0. The molecule has 0 bridgehead atoms. The second kappa shape index (κ2) is 13.9. The normalized spacial score (nSPS) is 23.4. The molecule has 1 saturated heterocycles. The van der Waals surface area contributed by atoms with Gasteiger partial charge in [-0.25, -0.2) is 9.67 Å². The van der Waals surface area contributed by atoms with Gasteiger partial charge in [-0.3, -0.25) is 14.3 Å². The number of carbonyl (C=O) groups is 1. The summed E-state index contributed by atoms with van der Waals surface area (Å²) in [4.78, 5) is 24.7. The van der Waals surface area contributed by atoms with Crippen molar-refractivity contribution >= 4 is 38.9 Å². The Morgan fingerprint density at radius 3 is 2.39 bits per heavy atom. The fourth-order valence-electron chi connectivity index (χ4n) is 7.27. The highest BCUT2D eigenvalue weighted by molar-refractivity contribution is 6.76. The lowest BCUT2D eigenvalue weighted by Crippen LogP contribution is -2.47. The van der Waals surface area contributed by atoms with Gasteiger partial charge in [0.2, 0.25) is 11.9 Å². The first-order chi connectivity index (χ1) is 23.1. The molecular formula is C35H56FN7O4Si2. The van der Waals surface area contributed by atoms with Crippen molar-refractivity contribution in [1.29, 1.82) is 0 Å². The number of nitrogens with one attached hydrogen (secondary N) is 1. The van der Waals surface area contributed by atoms with Crippen LogP contribution in [0.25, 0.3) is 22.7 Å². The molecule has 0 aromatic carbocycles. The van der Waals surface area contributed by atoms with Crippen LogP contribution in [-0.2, 0) is 45.3 Å². The van der Waals surface area contributed by atoms with Gasteiger partial charge in [0, 0.05) is 53.7 Å². The van der Waals surface area contributed by atoms with Gasteiger partial charge in [0.1, 0.15) is 24.7 Å². The summed E-state index contributed by atoms with van der Waals surface area (Å²) in [5.41, 5.74) is 4.30. The van der Waals surface area contributed by atoms with E-state index < -0.39 is 28.1 Å². The lowest BCUT2D eigenvalue weighted by molar-refractivity contribution is -0.122. The molecule has 6 rings (SSSR count). The standard InChI is InChI=1S/C35H56FN7O4Si2/c1-23-26-18-25-29(20-35(23,26)3)43(22-47-15-17-49(7,8)9)40-30(25)33-37-28-19-27(38-34(44)24(2)41-10-12-45-13-11-41)31(36)39-32(28)42(33)21-46-14-16-48(4,5)6/h19,23-24,26H,10-18,20-22H2,1-9H3,(H,38,44)/t23-,24-,26+,35-/m0/s1. The predicted octanol–water partition coefficient (Wildman–Crippen LogP) is 6.09. The van der Waals surface area contributed by atoms with Crippen molar-refractivity contribution in [2.75, 3.05) is 44.8 Å². The van der Waals surface area contributed by atoms with Crippen LogP contribution in [0.4, 0.5) is 10.1 Å². The number of halogens is 1. The van der Waals surface area contributed by atoms with Crippen LogP contribution in [0.1, 0.15) is 32.0 Å². The maximum absolute atomic E-state index is 15.7. The number of hydrogen-bond donors (Lipinski definition) is 1.